The van der Waals surface area contributed by atoms with Crippen LogP contribution in [0.2, 0.25) is 0 Å². The number of aromatic amines is 1. The Kier molecular flexibility index (Phi) is 5.60. The van der Waals surface area contributed by atoms with Gasteiger partial charge >= 0.3 is 0 Å². The van der Waals surface area contributed by atoms with Crippen molar-refractivity contribution < 1.29 is 17.9 Å². The van der Waals surface area contributed by atoms with Gasteiger partial charge in [0.25, 0.3) is 15.9 Å². The highest BCUT2D eigenvalue weighted by atomic mass is 32.2. The molecule has 0 radical (unpaired) electrons. The van der Waals surface area contributed by atoms with Crippen LogP contribution in [0.25, 0.3) is 10.9 Å². The highest BCUT2D eigenvalue weighted by molar-refractivity contribution is 7.91. The number of hydrogen-bond acceptors (Lipinski definition) is 5. The van der Waals surface area contributed by atoms with Gasteiger partial charge in [-0.25, -0.2) is 8.42 Å². The van der Waals surface area contributed by atoms with Crippen LogP contribution in [0.15, 0.2) is 34.5 Å². The summed E-state index contributed by atoms with van der Waals surface area (Å²) in [6, 6.07) is 9.16. The first kappa shape index (κ1) is 20.7. The number of aromatic nitrogens is 1. The van der Waals surface area contributed by atoms with E-state index in [2.05, 4.69) is 10.3 Å². The third-order valence-corrected chi connectivity index (χ3v) is 9.44. The number of H-pyrrole nitrogens is 1. The van der Waals surface area contributed by atoms with Crippen LogP contribution in [0.5, 0.6) is 0 Å². The molecule has 1 saturated heterocycles. The lowest BCUT2D eigenvalue weighted by molar-refractivity contribution is 0.0731. The minimum Gasteiger partial charge on any atom is -0.379 e. The van der Waals surface area contributed by atoms with Crippen molar-refractivity contribution >= 4 is 38.2 Å². The summed E-state index contributed by atoms with van der Waals surface area (Å²) in [4.78, 5) is 17.0. The molecule has 5 rings (SSSR count). The number of benzene rings is 1. The summed E-state index contributed by atoms with van der Waals surface area (Å²) in [6.07, 6.45) is 4.51. The number of amides is 1. The predicted octanol–water partition coefficient (Wildman–Crippen LogP) is 3.06. The summed E-state index contributed by atoms with van der Waals surface area (Å²) < 4.78 is 32.5. The van der Waals surface area contributed by atoms with Gasteiger partial charge in [-0.3, -0.25) is 4.79 Å². The second-order valence-corrected chi connectivity index (χ2v) is 11.3. The molecule has 1 aliphatic heterocycles. The molecule has 9 heteroatoms. The van der Waals surface area contributed by atoms with E-state index < -0.39 is 10.0 Å². The van der Waals surface area contributed by atoms with E-state index in [0.717, 1.165) is 28.6 Å². The molecule has 0 atom stereocenters. The number of carbonyl (C=O) groups excluding carboxylic acids is 1. The fraction of sp³-hybridized carbons (Fsp3) is 0.409. The number of aryl methyl sites for hydroxylation is 2. The Hall–Kier alpha value is -2.20. The number of nitrogens with zero attached hydrogens (tertiary/aromatic N) is 1. The van der Waals surface area contributed by atoms with E-state index in [0.29, 0.717) is 42.6 Å². The molecule has 31 heavy (non-hydrogen) atoms. The van der Waals surface area contributed by atoms with Gasteiger partial charge in [-0.1, -0.05) is 0 Å². The quantitative estimate of drug-likeness (QED) is 0.614. The van der Waals surface area contributed by atoms with Gasteiger partial charge in [0.05, 0.1) is 19.8 Å². The number of hydrogen-bond donors (Lipinski definition) is 2. The van der Waals surface area contributed by atoms with Crippen LogP contribution in [-0.2, 0) is 34.1 Å². The van der Waals surface area contributed by atoms with Crippen LogP contribution in [0.4, 0.5) is 0 Å². The van der Waals surface area contributed by atoms with E-state index in [9.17, 15) is 13.2 Å². The largest absolute Gasteiger partial charge is 0.379 e. The molecule has 2 N–H and O–H groups in total. The number of fused-ring (bicyclic) bond motifs is 3. The third-order valence-electron chi connectivity index (χ3n) is 5.98. The standard InChI is InChI=1S/C22H25N3O4S2/c26-22(15-5-7-20-18(13-15)17-3-1-2-4-19(17)24-20)23-14-16-6-8-21(30-16)31(27,28)25-9-11-29-12-10-25/h5-8,13,24H,1-4,9-12,14H2,(H,23,26). The molecule has 0 bridgehead atoms. The fourth-order valence-corrected chi connectivity index (χ4v) is 7.18. The summed E-state index contributed by atoms with van der Waals surface area (Å²) in [5.41, 5.74) is 4.34. The van der Waals surface area contributed by atoms with Crippen molar-refractivity contribution in [2.45, 2.75) is 36.4 Å². The molecule has 0 unspecified atom stereocenters. The fourth-order valence-electron chi connectivity index (χ4n) is 4.32. The van der Waals surface area contributed by atoms with Crippen LogP contribution in [0.3, 0.4) is 0 Å². The second kappa shape index (κ2) is 8.38. The molecular formula is C22H25N3O4S2. The highest BCUT2D eigenvalue weighted by Crippen LogP contribution is 2.30. The van der Waals surface area contributed by atoms with Gasteiger partial charge in [0.2, 0.25) is 0 Å². The van der Waals surface area contributed by atoms with Gasteiger partial charge in [0.15, 0.2) is 0 Å². The van der Waals surface area contributed by atoms with E-state index in [1.54, 1.807) is 12.1 Å². The van der Waals surface area contributed by atoms with Gasteiger partial charge in [0.1, 0.15) is 4.21 Å². The SMILES string of the molecule is O=C(NCc1ccc(S(=O)(=O)N2CCOCC2)s1)c1ccc2[nH]c3c(c2c1)CCCC3. The lowest BCUT2D eigenvalue weighted by atomic mass is 9.95. The number of thiophene rings is 1. The van der Waals surface area contributed by atoms with E-state index in [1.165, 1.54) is 39.7 Å². The Balaban J connectivity index is 1.28. The molecule has 1 amide bonds. The molecule has 2 aliphatic rings. The molecule has 164 valence electrons. The van der Waals surface area contributed by atoms with E-state index in [-0.39, 0.29) is 5.91 Å². The van der Waals surface area contributed by atoms with Crippen molar-refractivity contribution in [3.63, 3.8) is 0 Å². The molecule has 0 saturated carbocycles. The monoisotopic (exact) mass is 459 g/mol. The van der Waals surface area contributed by atoms with Crippen molar-refractivity contribution in [2.75, 3.05) is 26.3 Å². The van der Waals surface area contributed by atoms with Crippen molar-refractivity contribution in [1.29, 1.82) is 0 Å². The van der Waals surface area contributed by atoms with Crippen LogP contribution in [-0.4, -0.2) is 49.9 Å². The zero-order valence-corrected chi connectivity index (χ0v) is 18.8. The minimum atomic E-state index is -3.50. The molecule has 1 fully saturated rings. The van der Waals surface area contributed by atoms with Crippen molar-refractivity contribution in [2.24, 2.45) is 0 Å². The van der Waals surface area contributed by atoms with Gasteiger partial charge in [-0.05, 0) is 61.6 Å². The Morgan fingerprint density at radius 3 is 2.77 bits per heavy atom. The Morgan fingerprint density at radius 1 is 1.13 bits per heavy atom. The number of rotatable bonds is 5. The average Bonchev–Trinajstić information content (AvgIpc) is 3.43. The number of sulfonamides is 1. The first-order valence-corrected chi connectivity index (χ1v) is 12.9. The molecular weight excluding hydrogens is 434 g/mol. The second-order valence-electron chi connectivity index (χ2n) is 7.97. The molecule has 7 nitrogen and oxygen atoms in total. The Labute approximate surface area is 185 Å². The summed E-state index contributed by atoms with van der Waals surface area (Å²) >= 11 is 1.20. The number of nitrogens with one attached hydrogen (secondary N) is 2. The van der Waals surface area contributed by atoms with Crippen LogP contribution in [0.1, 0.15) is 39.3 Å². The van der Waals surface area contributed by atoms with E-state index >= 15 is 0 Å². The van der Waals surface area contributed by atoms with Gasteiger partial charge in [-0.15, -0.1) is 11.3 Å². The number of morpholine rings is 1. The maximum absolute atomic E-state index is 12.8. The summed E-state index contributed by atoms with van der Waals surface area (Å²) in [5.74, 6) is -0.154. The predicted molar refractivity (Wildman–Crippen MR) is 120 cm³/mol. The van der Waals surface area contributed by atoms with E-state index in [4.69, 9.17) is 4.74 Å². The van der Waals surface area contributed by atoms with Crippen LogP contribution in [0, 0.1) is 0 Å². The van der Waals surface area contributed by atoms with Gasteiger partial charge in [0, 0.05) is 40.1 Å². The lowest BCUT2D eigenvalue weighted by Gasteiger charge is -2.25. The Bertz CT molecular complexity index is 1220. The molecule has 1 aliphatic carbocycles. The molecule has 1 aromatic carbocycles. The minimum absolute atomic E-state index is 0.154. The zero-order valence-electron chi connectivity index (χ0n) is 17.1. The number of carbonyl (C=O) groups is 1. The first-order chi connectivity index (χ1) is 15.0. The van der Waals surface area contributed by atoms with Crippen molar-refractivity contribution in [3.8, 4) is 0 Å². The smallest absolute Gasteiger partial charge is 0.252 e. The zero-order chi connectivity index (χ0) is 21.4. The van der Waals surface area contributed by atoms with Gasteiger partial charge < -0.3 is 15.0 Å². The molecule has 2 aromatic heterocycles. The highest BCUT2D eigenvalue weighted by Gasteiger charge is 2.27. The van der Waals surface area contributed by atoms with Gasteiger partial charge in [-0.2, -0.15) is 4.31 Å². The topological polar surface area (TPSA) is 91.5 Å². The average molecular weight is 460 g/mol. The Morgan fingerprint density at radius 2 is 1.94 bits per heavy atom. The number of ether oxygens (including phenoxy) is 1. The summed E-state index contributed by atoms with van der Waals surface area (Å²) in [6.45, 7) is 1.88. The van der Waals surface area contributed by atoms with Crippen LogP contribution >= 0.6 is 11.3 Å². The van der Waals surface area contributed by atoms with Crippen LogP contribution < -0.4 is 5.32 Å². The van der Waals surface area contributed by atoms with E-state index in [1.807, 2.05) is 18.2 Å². The first-order valence-electron chi connectivity index (χ1n) is 10.6. The molecule has 3 heterocycles. The maximum atomic E-state index is 12.8. The normalized spacial score (nSPS) is 17.5. The van der Waals surface area contributed by atoms with Crippen molar-refractivity contribution in [1.82, 2.24) is 14.6 Å². The molecule has 3 aromatic rings. The molecule has 0 spiro atoms. The third kappa shape index (κ3) is 4.03. The summed E-state index contributed by atoms with van der Waals surface area (Å²) in [5, 5.41) is 4.07. The lowest BCUT2D eigenvalue weighted by Crippen LogP contribution is -2.40. The maximum Gasteiger partial charge on any atom is 0.252 e. The summed E-state index contributed by atoms with van der Waals surface area (Å²) in [7, 11) is -3.50. The van der Waals surface area contributed by atoms with Crippen molar-refractivity contribution in [3.05, 3.63) is 52.0 Å².